The third-order valence-corrected chi connectivity index (χ3v) is 4.18. The van der Waals surface area contributed by atoms with Crippen molar-refractivity contribution in [2.45, 2.75) is 52.4 Å². The van der Waals surface area contributed by atoms with Crippen LogP contribution in [0.25, 0.3) is 0 Å². The van der Waals surface area contributed by atoms with Gasteiger partial charge in [0, 0.05) is 11.0 Å². The summed E-state index contributed by atoms with van der Waals surface area (Å²) in [5, 5.41) is 6.17. The van der Waals surface area contributed by atoms with Crippen molar-refractivity contribution < 1.29 is 9.53 Å². The molecule has 0 bridgehead atoms. The van der Waals surface area contributed by atoms with Crippen molar-refractivity contribution in [1.29, 1.82) is 0 Å². The molecule has 0 aliphatic heterocycles. The Morgan fingerprint density at radius 3 is 2.62 bits per heavy atom. The highest BCUT2D eigenvalue weighted by Crippen LogP contribution is 2.23. The molecule has 1 rings (SSSR count). The van der Waals surface area contributed by atoms with Gasteiger partial charge in [-0.2, -0.15) is 0 Å². The average Bonchev–Trinajstić information content (AvgIpc) is 2.56. The molecule has 4 nitrogen and oxygen atoms in total. The number of unbranched alkanes of at least 4 members (excludes halogenated alkanes) is 4. The minimum atomic E-state index is -0.258. The molecule has 0 fully saturated rings. The molecule has 0 saturated heterocycles. The van der Waals surface area contributed by atoms with Crippen molar-refractivity contribution in [3.63, 3.8) is 0 Å². The molecule has 1 aromatic rings. The SMILES string of the molecule is CCCCCCCNC(=S)NC(=O)c1cc(Br)ccc1OCCC. The monoisotopic (exact) mass is 414 g/mol. The predicted molar refractivity (Wildman–Crippen MR) is 107 cm³/mol. The largest absolute Gasteiger partial charge is 0.493 e. The van der Waals surface area contributed by atoms with Gasteiger partial charge in [0.05, 0.1) is 12.2 Å². The second-order valence-corrected chi connectivity index (χ2v) is 6.94. The van der Waals surface area contributed by atoms with Crippen LogP contribution in [-0.4, -0.2) is 24.2 Å². The number of benzene rings is 1. The normalized spacial score (nSPS) is 10.3. The number of hydrogen-bond donors (Lipinski definition) is 2. The first-order chi connectivity index (χ1) is 11.6. The zero-order valence-corrected chi connectivity index (χ0v) is 16.9. The summed E-state index contributed by atoms with van der Waals surface area (Å²) in [4.78, 5) is 12.4. The van der Waals surface area contributed by atoms with E-state index in [-0.39, 0.29) is 5.91 Å². The molecule has 2 N–H and O–H groups in total. The van der Waals surface area contributed by atoms with E-state index in [0.717, 1.165) is 23.9 Å². The summed E-state index contributed by atoms with van der Waals surface area (Å²) in [6.45, 7) is 5.57. The van der Waals surface area contributed by atoms with Gasteiger partial charge >= 0.3 is 0 Å². The van der Waals surface area contributed by atoms with E-state index in [2.05, 4.69) is 33.5 Å². The summed E-state index contributed by atoms with van der Waals surface area (Å²) in [5.41, 5.74) is 0.477. The number of rotatable bonds is 10. The van der Waals surface area contributed by atoms with Gasteiger partial charge in [-0.1, -0.05) is 55.5 Å². The highest BCUT2D eigenvalue weighted by molar-refractivity contribution is 9.10. The summed E-state index contributed by atoms with van der Waals surface area (Å²) in [7, 11) is 0. The Kier molecular flexibility index (Phi) is 10.7. The topological polar surface area (TPSA) is 50.4 Å². The first kappa shape index (κ1) is 20.9. The lowest BCUT2D eigenvalue weighted by Crippen LogP contribution is -2.39. The van der Waals surface area contributed by atoms with Gasteiger partial charge in [0.1, 0.15) is 5.75 Å². The first-order valence-electron chi connectivity index (χ1n) is 8.60. The minimum absolute atomic E-state index is 0.258. The molecule has 1 aromatic carbocycles. The van der Waals surface area contributed by atoms with Gasteiger partial charge in [-0.3, -0.25) is 10.1 Å². The van der Waals surface area contributed by atoms with E-state index in [1.807, 2.05) is 13.0 Å². The number of ether oxygens (including phenoxy) is 1. The Labute approximate surface area is 158 Å². The second-order valence-electron chi connectivity index (χ2n) is 5.61. The zero-order valence-electron chi connectivity index (χ0n) is 14.5. The molecule has 0 unspecified atom stereocenters. The summed E-state index contributed by atoms with van der Waals surface area (Å²) in [6, 6.07) is 5.39. The summed E-state index contributed by atoms with van der Waals surface area (Å²) in [6.07, 6.45) is 6.86. The highest BCUT2D eigenvalue weighted by atomic mass is 79.9. The number of nitrogens with one attached hydrogen (secondary N) is 2. The van der Waals surface area contributed by atoms with Gasteiger partial charge in [0.25, 0.3) is 5.91 Å². The maximum atomic E-state index is 12.4. The smallest absolute Gasteiger partial charge is 0.261 e. The van der Waals surface area contributed by atoms with Crippen molar-refractivity contribution in [2.24, 2.45) is 0 Å². The number of amides is 1. The fraction of sp³-hybridized carbons (Fsp3) is 0.556. The summed E-state index contributed by atoms with van der Waals surface area (Å²) < 4.78 is 6.46. The fourth-order valence-electron chi connectivity index (χ4n) is 2.16. The molecule has 0 saturated carbocycles. The van der Waals surface area contributed by atoms with E-state index in [1.54, 1.807) is 12.1 Å². The number of carbonyl (C=O) groups is 1. The third-order valence-electron chi connectivity index (χ3n) is 3.44. The molecule has 0 radical (unpaired) electrons. The van der Waals surface area contributed by atoms with E-state index >= 15 is 0 Å². The van der Waals surface area contributed by atoms with E-state index in [0.29, 0.717) is 23.0 Å². The van der Waals surface area contributed by atoms with E-state index in [9.17, 15) is 4.79 Å². The molecule has 6 heteroatoms. The number of halogens is 1. The number of carbonyl (C=O) groups excluding carboxylic acids is 1. The molecule has 0 heterocycles. The Balaban J connectivity index is 2.48. The van der Waals surface area contributed by atoms with Crippen LogP contribution in [0, 0.1) is 0 Å². The van der Waals surface area contributed by atoms with Crippen molar-refractivity contribution in [2.75, 3.05) is 13.2 Å². The molecule has 1 amide bonds. The molecule has 0 aliphatic rings. The standard InChI is InChI=1S/C18H27BrN2O2S/c1-3-5-6-7-8-11-20-18(24)21-17(22)15-13-14(19)9-10-16(15)23-12-4-2/h9-10,13H,3-8,11-12H2,1-2H3,(H2,20,21,22,24). The Morgan fingerprint density at radius 2 is 1.92 bits per heavy atom. The molecule has 134 valence electrons. The van der Waals surface area contributed by atoms with Crippen LogP contribution >= 0.6 is 28.1 Å². The first-order valence-corrected chi connectivity index (χ1v) is 9.80. The van der Waals surface area contributed by atoms with Crippen molar-refractivity contribution >= 4 is 39.2 Å². The number of thiocarbonyl (C=S) groups is 1. The quantitative estimate of drug-likeness (QED) is 0.425. The van der Waals surface area contributed by atoms with Crippen molar-refractivity contribution in [3.8, 4) is 5.75 Å². The van der Waals surface area contributed by atoms with Gasteiger partial charge in [0.15, 0.2) is 5.11 Å². The van der Waals surface area contributed by atoms with Gasteiger partial charge in [-0.25, -0.2) is 0 Å². The Morgan fingerprint density at radius 1 is 1.17 bits per heavy atom. The zero-order chi connectivity index (χ0) is 17.8. The molecule has 0 atom stereocenters. The predicted octanol–water partition coefficient (Wildman–Crippen LogP) is 4.81. The van der Waals surface area contributed by atoms with E-state index in [1.165, 1.54) is 25.7 Å². The molecular weight excluding hydrogens is 388 g/mol. The maximum absolute atomic E-state index is 12.4. The van der Waals surface area contributed by atoms with Crippen LogP contribution in [0.3, 0.4) is 0 Å². The van der Waals surface area contributed by atoms with Gasteiger partial charge < -0.3 is 10.1 Å². The summed E-state index contributed by atoms with van der Waals surface area (Å²) >= 11 is 8.59. The molecule has 0 aliphatic carbocycles. The average molecular weight is 415 g/mol. The van der Waals surface area contributed by atoms with Crippen LogP contribution in [0.1, 0.15) is 62.7 Å². The van der Waals surface area contributed by atoms with Crippen LogP contribution in [-0.2, 0) is 0 Å². The van der Waals surface area contributed by atoms with Crippen molar-refractivity contribution in [1.82, 2.24) is 10.6 Å². The lowest BCUT2D eigenvalue weighted by atomic mass is 10.1. The Bertz CT molecular complexity index is 538. The fourth-order valence-corrected chi connectivity index (χ4v) is 2.72. The Hall–Kier alpha value is -1.14. The van der Waals surface area contributed by atoms with Gasteiger partial charge in [-0.05, 0) is 43.3 Å². The molecule has 0 aromatic heterocycles. The van der Waals surface area contributed by atoms with Crippen LogP contribution in [0.4, 0.5) is 0 Å². The lowest BCUT2D eigenvalue weighted by Gasteiger charge is -2.13. The lowest BCUT2D eigenvalue weighted by molar-refractivity contribution is 0.0972. The van der Waals surface area contributed by atoms with E-state index in [4.69, 9.17) is 17.0 Å². The highest BCUT2D eigenvalue weighted by Gasteiger charge is 2.14. The third kappa shape index (κ3) is 8.11. The second kappa shape index (κ2) is 12.3. The molecule has 0 spiro atoms. The van der Waals surface area contributed by atoms with Crippen LogP contribution in [0.15, 0.2) is 22.7 Å². The van der Waals surface area contributed by atoms with E-state index < -0.39 is 0 Å². The maximum Gasteiger partial charge on any atom is 0.261 e. The molecular formula is C18H27BrN2O2S. The number of hydrogen-bond acceptors (Lipinski definition) is 3. The molecule has 24 heavy (non-hydrogen) atoms. The van der Waals surface area contributed by atoms with Crippen LogP contribution in [0.5, 0.6) is 5.75 Å². The van der Waals surface area contributed by atoms with Crippen molar-refractivity contribution in [3.05, 3.63) is 28.2 Å². The van der Waals surface area contributed by atoms with Gasteiger partial charge in [0.2, 0.25) is 0 Å². The van der Waals surface area contributed by atoms with Gasteiger partial charge in [-0.15, -0.1) is 0 Å². The van der Waals surface area contributed by atoms with Crippen LogP contribution < -0.4 is 15.4 Å². The minimum Gasteiger partial charge on any atom is -0.493 e. The van der Waals surface area contributed by atoms with Crippen LogP contribution in [0.2, 0.25) is 0 Å². The summed E-state index contributed by atoms with van der Waals surface area (Å²) in [5.74, 6) is 0.311.